The molecule has 0 heterocycles. The monoisotopic (exact) mass is 286 g/mol. The van der Waals surface area contributed by atoms with Crippen LogP contribution < -0.4 is 11.3 Å². The molecule has 1 aliphatic carbocycles. The van der Waals surface area contributed by atoms with Crippen LogP contribution in [0.15, 0.2) is 54.6 Å². The molecule has 0 radical (unpaired) electrons. The van der Waals surface area contributed by atoms with Crippen molar-refractivity contribution in [2.45, 2.75) is 24.8 Å². The van der Waals surface area contributed by atoms with E-state index >= 15 is 0 Å². The molecule has 3 unspecified atom stereocenters. The van der Waals surface area contributed by atoms with E-state index in [4.69, 9.17) is 17.4 Å². The average Bonchev–Trinajstić information content (AvgIpc) is 3.28. The third-order valence-corrected chi connectivity index (χ3v) is 4.42. The predicted molar refractivity (Wildman–Crippen MR) is 83.6 cm³/mol. The minimum atomic E-state index is 0.321. The third-order valence-electron chi connectivity index (χ3n) is 4.17. The highest BCUT2D eigenvalue weighted by Gasteiger charge is 2.43. The minimum absolute atomic E-state index is 0.321. The molecule has 0 spiro atoms. The molecule has 3 N–H and O–H groups in total. The van der Waals surface area contributed by atoms with Crippen molar-refractivity contribution in [3.8, 4) is 0 Å². The Labute approximate surface area is 124 Å². The van der Waals surface area contributed by atoms with Gasteiger partial charge in [0.1, 0.15) is 0 Å². The number of hydrogen-bond donors (Lipinski definition) is 2. The van der Waals surface area contributed by atoms with Crippen molar-refractivity contribution in [3.63, 3.8) is 0 Å². The van der Waals surface area contributed by atoms with Crippen molar-refractivity contribution >= 4 is 11.6 Å². The number of hydrazine groups is 1. The molecule has 1 aliphatic rings. The van der Waals surface area contributed by atoms with Crippen molar-refractivity contribution < 1.29 is 0 Å². The van der Waals surface area contributed by atoms with Crippen LogP contribution in [-0.4, -0.2) is 6.04 Å². The molecular formula is C17H19ClN2. The van der Waals surface area contributed by atoms with Gasteiger partial charge in [-0.3, -0.25) is 11.3 Å². The molecule has 3 rings (SSSR count). The number of benzene rings is 2. The highest BCUT2D eigenvalue weighted by Crippen LogP contribution is 2.49. The van der Waals surface area contributed by atoms with Gasteiger partial charge >= 0.3 is 0 Å². The van der Waals surface area contributed by atoms with E-state index < -0.39 is 0 Å². The van der Waals surface area contributed by atoms with Gasteiger partial charge in [-0.15, -0.1) is 0 Å². The molecule has 2 aromatic rings. The molecule has 0 amide bonds. The maximum absolute atomic E-state index is 5.92. The Morgan fingerprint density at radius 3 is 2.45 bits per heavy atom. The predicted octanol–water partition coefficient (Wildman–Crippen LogP) is 3.52. The zero-order valence-corrected chi connectivity index (χ0v) is 12.1. The van der Waals surface area contributed by atoms with E-state index in [1.165, 1.54) is 17.5 Å². The first-order chi connectivity index (χ1) is 9.78. The van der Waals surface area contributed by atoms with Crippen LogP contribution in [0.5, 0.6) is 0 Å². The van der Waals surface area contributed by atoms with Crippen molar-refractivity contribution in [3.05, 3.63) is 70.7 Å². The summed E-state index contributed by atoms with van der Waals surface area (Å²) < 4.78 is 0. The molecule has 0 aromatic heterocycles. The SMILES string of the molecule is NNC(Cc1ccc(Cl)cc1)C1CC1c1ccccc1. The first-order valence-corrected chi connectivity index (χ1v) is 7.41. The summed E-state index contributed by atoms with van der Waals surface area (Å²) in [4.78, 5) is 0. The van der Waals surface area contributed by atoms with Crippen molar-refractivity contribution in [1.82, 2.24) is 5.43 Å². The molecule has 2 nitrogen and oxygen atoms in total. The normalized spacial score (nSPS) is 22.5. The van der Waals surface area contributed by atoms with Crippen LogP contribution in [0.25, 0.3) is 0 Å². The Balaban J connectivity index is 1.65. The van der Waals surface area contributed by atoms with E-state index in [0.717, 1.165) is 11.4 Å². The summed E-state index contributed by atoms with van der Waals surface area (Å²) in [6.45, 7) is 0. The van der Waals surface area contributed by atoms with Gasteiger partial charge in [-0.05, 0) is 47.9 Å². The van der Waals surface area contributed by atoms with E-state index in [-0.39, 0.29) is 0 Å². The van der Waals surface area contributed by atoms with Gasteiger partial charge in [0.2, 0.25) is 0 Å². The van der Waals surface area contributed by atoms with Crippen LogP contribution in [0.1, 0.15) is 23.5 Å². The lowest BCUT2D eigenvalue weighted by molar-refractivity contribution is 0.464. The Morgan fingerprint density at radius 1 is 1.10 bits per heavy atom. The summed E-state index contributed by atoms with van der Waals surface area (Å²) in [5.41, 5.74) is 5.69. The van der Waals surface area contributed by atoms with Gasteiger partial charge in [0, 0.05) is 11.1 Å². The second-order valence-electron chi connectivity index (χ2n) is 5.52. The fourth-order valence-electron chi connectivity index (χ4n) is 2.95. The van der Waals surface area contributed by atoms with Crippen molar-refractivity contribution in [2.24, 2.45) is 11.8 Å². The van der Waals surface area contributed by atoms with Gasteiger partial charge in [-0.25, -0.2) is 0 Å². The smallest absolute Gasteiger partial charge is 0.0406 e. The highest BCUT2D eigenvalue weighted by atomic mass is 35.5. The topological polar surface area (TPSA) is 38.0 Å². The second kappa shape index (κ2) is 5.96. The van der Waals surface area contributed by atoms with Crippen LogP contribution in [0, 0.1) is 5.92 Å². The van der Waals surface area contributed by atoms with Crippen LogP contribution in [0.3, 0.4) is 0 Å². The van der Waals surface area contributed by atoms with Crippen molar-refractivity contribution in [2.75, 3.05) is 0 Å². The molecule has 2 aromatic carbocycles. The molecule has 1 saturated carbocycles. The standard InChI is InChI=1S/C17H19ClN2/c18-14-8-6-12(7-9-14)10-17(20-19)16-11-15(16)13-4-2-1-3-5-13/h1-9,15-17,20H,10-11,19H2. The fourth-order valence-corrected chi connectivity index (χ4v) is 3.08. The lowest BCUT2D eigenvalue weighted by Gasteiger charge is -2.16. The lowest BCUT2D eigenvalue weighted by atomic mass is 9.99. The largest absolute Gasteiger partial charge is 0.271 e. The van der Waals surface area contributed by atoms with Gasteiger partial charge < -0.3 is 0 Å². The molecule has 0 bridgehead atoms. The highest BCUT2D eigenvalue weighted by molar-refractivity contribution is 6.30. The van der Waals surface area contributed by atoms with Gasteiger partial charge in [0.15, 0.2) is 0 Å². The summed E-state index contributed by atoms with van der Waals surface area (Å²) in [5, 5.41) is 0.777. The second-order valence-corrected chi connectivity index (χ2v) is 5.96. The Hall–Kier alpha value is -1.35. The van der Waals surface area contributed by atoms with Crippen molar-refractivity contribution in [1.29, 1.82) is 0 Å². The zero-order valence-electron chi connectivity index (χ0n) is 11.3. The molecule has 3 heteroatoms. The average molecular weight is 287 g/mol. The first-order valence-electron chi connectivity index (χ1n) is 7.03. The third kappa shape index (κ3) is 3.04. The molecule has 104 valence electrons. The van der Waals surface area contributed by atoms with Crippen LogP contribution in [-0.2, 0) is 6.42 Å². The molecule has 3 atom stereocenters. The van der Waals surface area contributed by atoms with E-state index in [1.807, 2.05) is 12.1 Å². The molecule has 0 saturated heterocycles. The number of nitrogens with two attached hydrogens (primary N) is 1. The zero-order chi connectivity index (χ0) is 13.9. The molecule has 20 heavy (non-hydrogen) atoms. The van der Waals surface area contributed by atoms with E-state index in [2.05, 4.69) is 47.9 Å². The minimum Gasteiger partial charge on any atom is -0.271 e. The van der Waals surface area contributed by atoms with E-state index in [0.29, 0.717) is 17.9 Å². The number of hydrogen-bond acceptors (Lipinski definition) is 2. The van der Waals surface area contributed by atoms with Gasteiger partial charge in [-0.2, -0.15) is 0 Å². The summed E-state index contributed by atoms with van der Waals surface area (Å²) >= 11 is 5.92. The Morgan fingerprint density at radius 2 is 1.80 bits per heavy atom. The van der Waals surface area contributed by atoms with Gasteiger partial charge in [0.05, 0.1) is 0 Å². The lowest BCUT2D eigenvalue weighted by Crippen LogP contribution is -2.38. The summed E-state index contributed by atoms with van der Waals surface area (Å²) in [6, 6.07) is 19.0. The van der Waals surface area contributed by atoms with Crippen LogP contribution in [0.2, 0.25) is 5.02 Å². The quantitative estimate of drug-likeness (QED) is 0.652. The number of rotatable bonds is 5. The first kappa shape index (κ1) is 13.6. The number of nitrogens with one attached hydrogen (secondary N) is 1. The van der Waals surface area contributed by atoms with Crippen LogP contribution >= 0.6 is 11.6 Å². The maximum Gasteiger partial charge on any atom is 0.0406 e. The summed E-state index contributed by atoms with van der Waals surface area (Å²) in [5.74, 6) is 7.02. The Bertz CT molecular complexity index is 553. The summed E-state index contributed by atoms with van der Waals surface area (Å²) in [7, 11) is 0. The molecule has 1 fully saturated rings. The number of halogens is 1. The van der Waals surface area contributed by atoms with Gasteiger partial charge in [0.25, 0.3) is 0 Å². The summed E-state index contributed by atoms with van der Waals surface area (Å²) in [6.07, 6.45) is 2.16. The molecular weight excluding hydrogens is 268 g/mol. The van der Waals surface area contributed by atoms with Gasteiger partial charge in [-0.1, -0.05) is 54.1 Å². The van der Waals surface area contributed by atoms with E-state index in [9.17, 15) is 0 Å². The Kier molecular flexibility index (Phi) is 4.06. The molecule has 0 aliphatic heterocycles. The fraction of sp³-hybridized carbons (Fsp3) is 0.294. The van der Waals surface area contributed by atoms with Crippen LogP contribution in [0.4, 0.5) is 0 Å². The maximum atomic E-state index is 5.92. The van der Waals surface area contributed by atoms with E-state index in [1.54, 1.807) is 0 Å².